The highest BCUT2D eigenvalue weighted by Gasteiger charge is 2.05. The predicted molar refractivity (Wildman–Crippen MR) is 75.6 cm³/mol. The maximum absolute atomic E-state index is 10.7. The highest BCUT2D eigenvalue weighted by molar-refractivity contribution is 7.09. The number of rotatable bonds is 6. The van der Waals surface area contributed by atoms with E-state index in [0.717, 1.165) is 25.2 Å². The third-order valence-electron chi connectivity index (χ3n) is 2.82. The van der Waals surface area contributed by atoms with Crippen LogP contribution in [0.2, 0.25) is 0 Å². The van der Waals surface area contributed by atoms with Crippen LogP contribution in [0, 0.1) is 0 Å². The van der Waals surface area contributed by atoms with Crippen LogP contribution in [-0.4, -0.2) is 34.6 Å². The van der Waals surface area contributed by atoms with Crippen molar-refractivity contribution in [1.29, 1.82) is 0 Å². The van der Waals surface area contributed by atoms with Crippen LogP contribution in [-0.2, 0) is 13.0 Å². The highest BCUT2D eigenvalue weighted by atomic mass is 32.1. The zero-order valence-corrected chi connectivity index (χ0v) is 11.6. The van der Waals surface area contributed by atoms with Crippen LogP contribution in [0.25, 0.3) is 0 Å². The molecular weight excluding hydrogens is 260 g/mol. The van der Waals surface area contributed by atoms with Gasteiger partial charge in [-0.05, 0) is 37.0 Å². The van der Waals surface area contributed by atoms with Crippen LogP contribution in [0.5, 0.6) is 0 Å². The van der Waals surface area contributed by atoms with E-state index in [1.54, 1.807) is 23.5 Å². The average molecular weight is 276 g/mol. The molecule has 19 heavy (non-hydrogen) atoms. The Morgan fingerprint density at radius 3 is 2.84 bits per heavy atom. The Kier molecular flexibility index (Phi) is 4.65. The molecular formula is C14H16N2O2S. The molecule has 0 amide bonds. The molecule has 0 aromatic carbocycles. The standard InChI is InChI=1S/C14H16N2O2S/c1-16(7-6-13-3-2-8-19-13)10-12-5-4-11(9-15-12)14(17)18/h2-5,8-9H,6-7,10H2,1H3,(H,17,18). The largest absolute Gasteiger partial charge is 0.478 e. The smallest absolute Gasteiger partial charge is 0.337 e. The van der Waals surface area contributed by atoms with Crippen molar-refractivity contribution in [3.05, 3.63) is 52.0 Å². The van der Waals surface area contributed by atoms with Gasteiger partial charge in [0.15, 0.2) is 0 Å². The van der Waals surface area contributed by atoms with E-state index in [1.165, 1.54) is 11.1 Å². The summed E-state index contributed by atoms with van der Waals surface area (Å²) in [7, 11) is 2.04. The summed E-state index contributed by atoms with van der Waals surface area (Å²) in [6.45, 7) is 1.69. The second-order valence-corrected chi connectivity index (χ2v) is 5.44. The quantitative estimate of drug-likeness (QED) is 0.881. The van der Waals surface area contributed by atoms with Gasteiger partial charge in [-0.2, -0.15) is 0 Å². The van der Waals surface area contributed by atoms with Gasteiger partial charge in [0.05, 0.1) is 11.3 Å². The molecule has 2 heterocycles. The van der Waals surface area contributed by atoms with Crippen molar-refractivity contribution in [3.63, 3.8) is 0 Å². The number of hydrogen-bond donors (Lipinski definition) is 1. The van der Waals surface area contributed by atoms with Crippen molar-refractivity contribution in [3.8, 4) is 0 Å². The van der Waals surface area contributed by atoms with Crippen LogP contribution in [0.3, 0.4) is 0 Å². The van der Waals surface area contributed by atoms with Gasteiger partial charge in [0, 0.05) is 24.2 Å². The summed E-state index contributed by atoms with van der Waals surface area (Å²) in [4.78, 5) is 18.4. The Labute approximate surface area is 116 Å². The Hall–Kier alpha value is -1.72. The second kappa shape index (κ2) is 6.45. The summed E-state index contributed by atoms with van der Waals surface area (Å²) in [6.07, 6.45) is 2.44. The number of likely N-dealkylation sites (N-methyl/N-ethyl adjacent to an activating group) is 1. The molecule has 0 saturated carbocycles. The van der Waals surface area contributed by atoms with Crippen LogP contribution in [0.1, 0.15) is 20.9 Å². The first-order chi connectivity index (χ1) is 9.15. The van der Waals surface area contributed by atoms with Crippen molar-refractivity contribution in [2.75, 3.05) is 13.6 Å². The van der Waals surface area contributed by atoms with E-state index in [1.807, 2.05) is 7.05 Å². The lowest BCUT2D eigenvalue weighted by molar-refractivity contribution is 0.0696. The minimum absolute atomic E-state index is 0.227. The van der Waals surface area contributed by atoms with Crippen molar-refractivity contribution < 1.29 is 9.90 Å². The Balaban J connectivity index is 1.84. The molecule has 0 aliphatic rings. The number of carboxylic acids is 1. The topological polar surface area (TPSA) is 53.4 Å². The van der Waals surface area contributed by atoms with Crippen LogP contribution >= 0.6 is 11.3 Å². The Bertz CT molecular complexity index is 523. The maximum atomic E-state index is 10.7. The van der Waals surface area contributed by atoms with Crippen molar-refractivity contribution in [1.82, 2.24) is 9.88 Å². The monoisotopic (exact) mass is 276 g/mol. The second-order valence-electron chi connectivity index (χ2n) is 4.41. The van der Waals surface area contributed by atoms with Crippen LogP contribution < -0.4 is 0 Å². The molecule has 0 fully saturated rings. The Morgan fingerprint density at radius 2 is 2.26 bits per heavy atom. The number of carbonyl (C=O) groups is 1. The molecule has 4 nitrogen and oxygen atoms in total. The first-order valence-electron chi connectivity index (χ1n) is 6.04. The number of aromatic carboxylic acids is 1. The van der Waals surface area contributed by atoms with Gasteiger partial charge in [-0.25, -0.2) is 4.79 Å². The third kappa shape index (κ3) is 4.15. The molecule has 0 atom stereocenters. The minimum atomic E-state index is -0.940. The normalized spacial score (nSPS) is 10.8. The zero-order valence-electron chi connectivity index (χ0n) is 10.7. The molecule has 5 heteroatoms. The lowest BCUT2D eigenvalue weighted by Gasteiger charge is -2.15. The van der Waals surface area contributed by atoms with Crippen molar-refractivity contribution >= 4 is 17.3 Å². The first kappa shape index (κ1) is 13.7. The number of nitrogens with zero attached hydrogens (tertiary/aromatic N) is 2. The van der Waals surface area contributed by atoms with Gasteiger partial charge in [0.25, 0.3) is 0 Å². The lowest BCUT2D eigenvalue weighted by atomic mass is 10.2. The lowest BCUT2D eigenvalue weighted by Crippen LogP contribution is -2.21. The molecule has 0 aliphatic carbocycles. The fraction of sp³-hybridized carbons (Fsp3) is 0.286. The Morgan fingerprint density at radius 1 is 1.42 bits per heavy atom. The van der Waals surface area contributed by atoms with Crippen LogP contribution in [0.4, 0.5) is 0 Å². The highest BCUT2D eigenvalue weighted by Crippen LogP contribution is 2.10. The predicted octanol–water partition coefficient (Wildman–Crippen LogP) is 2.52. The molecule has 2 aromatic heterocycles. The first-order valence-corrected chi connectivity index (χ1v) is 6.92. The molecule has 100 valence electrons. The number of pyridine rings is 1. The van der Waals surface area contributed by atoms with Crippen molar-refractivity contribution in [2.45, 2.75) is 13.0 Å². The van der Waals surface area contributed by atoms with Crippen LogP contribution in [0.15, 0.2) is 35.8 Å². The minimum Gasteiger partial charge on any atom is -0.478 e. The number of thiophene rings is 1. The SMILES string of the molecule is CN(CCc1cccs1)Cc1ccc(C(=O)O)cn1. The molecule has 2 aromatic rings. The summed E-state index contributed by atoms with van der Waals surface area (Å²) in [5.74, 6) is -0.940. The summed E-state index contributed by atoms with van der Waals surface area (Å²) in [6, 6.07) is 7.56. The molecule has 0 saturated heterocycles. The van der Waals surface area contributed by atoms with E-state index >= 15 is 0 Å². The van der Waals surface area contributed by atoms with Gasteiger partial charge >= 0.3 is 5.97 Å². The average Bonchev–Trinajstić information content (AvgIpc) is 2.90. The number of hydrogen-bond acceptors (Lipinski definition) is 4. The van der Waals surface area contributed by atoms with E-state index in [2.05, 4.69) is 27.4 Å². The van der Waals surface area contributed by atoms with E-state index in [4.69, 9.17) is 5.11 Å². The molecule has 0 unspecified atom stereocenters. The number of aromatic nitrogens is 1. The zero-order chi connectivity index (χ0) is 13.7. The van der Waals surface area contributed by atoms with Gasteiger partial charge < -0.3 is 10.0 Å². The molecule has 2 rings (SSSR count). The van der Waals surface area contributed by atoms with E-state index in [9.17, 15) is 4.79 Å². The number of carboxylic acid groups (broad SMARTS) is 1. The third-order valence-corrected chi connectivity index (χ3v) is 3.76. The summed E-state index contributed by atoms with van der Waals surface area (Å²) >= 11 is 1.77. The summed E-state index contributed by atoms with van der Waals surface area (Å²) in [5.41, 5.74) is 1.11. The molecule has 1 N–H and O–H groups in total. The fourth-order valence-corrected chi connectivity index (χ4v) is 2.45. The van der Waals surface area contributed by atoms with E-state index in [0.29, 0.717) is 0 Å². The summed E-state index contributed by atoms with van der Waals surface area (Å²) < 4.78 is 0. The van der Waals surface area contributed by atoms with E-state index in [-0.39, 0.29) is 5.56 Å². The summed E-state index contributed by atoms with van der Waals surface area (Å²) in [5, 5.41) is 10.9. The molecule has 0 spiro atoms. The van der Waals surface area contributed by atoms with E-state index < -0.39 is 5.97 Å². The molecule has 0 bridgehead atoms. The van der Waals surface area contributed by atoms with Gasteiger partial charge in [-0.1, -0.05) is 6.07 Å². The van der Waals surface area contributed by atoms with Gasteiger partial charge in [-0.3, -0.25) is 4.98 Å². The molecule has 0 aliphatic heterocycles. The molecule has 0 radical (unpaired) electrons. The van der Waals surface area contributed by atoms with Gasteiger partial charge in [0.2, 0.25) is 0 Å². The fourth-order valence-electron chi connectivity index (χ4n) is 1.76. The van der Waals surface area contributed by atoms with Gasteiger partial charge in [-0.15, -0.1) is 11.3 Å². The maximum Gasteiger partial charge on any atom is 0.337 e. The van der Waals surface area contributed by atoms with Crippen molar-refractivity contribution in [2.24, 2.45) is 0 Å². The van der Waals surface area contributed by atoms with Gasteiger partial charge in [0.1, 0.15) is 0 Å².